The number of benzene rings is 1. The van der Waals surface area contributed by atoms with Gasteiger partial charge < -0.3 is 15.2 Å². The number of hydrogen-bond donors (Lipinski definition) is 2. The summed E-state index contributed by atoms with van der Waals surface area (Å²) in [5, 5.41) is 20.6. The molecule has 0 spiro atoms. The molecule has 1 aliphatic rings. The van der Waals surface area contributed by atoms with Crippen LogP contribution in [0.4, 0.5) is 4.79 Å². The number of carboxylic acids is 1. The fourth-order valence-electron chi connectivity index (χ4n) is 2.96. The number of aliphatic carboxylic acids is 1. The Morgan fingerprint density at radius 2 is 2.07 bits per heavy atom. The van der Waals surface area contributed by atoms with E-state index in [4.69, 9.17) is 10.00 Å². The van der Waals surface area contributed by atoms with Gasteiger partial charge in [0.15, 0.2) is 0 Å². The molecular formula is C19H23N3O5. The van der Waals surface area contributed by atoms with Gasteiger partial charge in [0, 0.05) is 12.5 Å². The second-order valence-electron chi connectivity index (χ2n) is 6.56. The van der Waals surface area contributed by atoms with Crippen molar-refractivity contribution in [2.45, 2.75) is 44.9 Å². The van der Waals surface area contributed by atoms with Crippen molar-refractivity contribution in [3.8, 4) is 6.07 Å². The Labute approximate surface area is 157 Å². The van der Waals surface area contributed by atoms with Gasteiger partial charge in [-0.2, -0.15) is 5.26 Å². The van der Waals surface area contributed by atoms with Crippen molar-refractivity contribution < 1.29 is 24.2 Å². The predicted octanol–water partition coefficient (Wildman–Crippen LogP) is 1.91. The highest BCUT2D eigenvalue weighted by molar-refractivity contribution is 5.89. The van der Waals surface area contributed by atoms with Crippen LogP contribution in [0.3, 0.4) is 0 Å². The molecule has 0 unspecified atom stereocenters. The molecule has 3 atom stereocenters. The number of nitrogens with zero attached hydrogens (tertiary/aromatic N) is 2. The molecule has 1 heterocycles. The number of carbonyl (C=O) groups excluding carboxylic acids is 2. The topological polar surface area (TPSA) is 120 Å². The summed E-state index contributed by atoms with van der Waals surface area (Å²) in [4.78, 5) is 37.5. The molecule has 8 nitrogen and oxygen atoms in total. The number of ether oxygens (including phenoxy) is 1. The molecule has 1 aliphatic heterocycles. The number of hydrogen-bond acceptors (Lipinski definition) is 5. The molecule has 0 saturated carbocycles. The van der Waals surface area contributed by atoms with E-state index >= 15 is 0 Å². The zero-order valence-electron chi connectivity index (χ0n) is 15.1. The first-order chi connectivity index (χ1) is 12.9. The first-order valence-electron chi connectivity index (χ1n) is 8.82. The highest BCUT2D eigenvalue weighted by atomic mass is 16.6. The Morgan fingerprint density at radius 1 is 1.37 bits per heavy atom. The zero-order chi connectivity index (χ0) is 19.8. The van der Waals surface area contributed by atoms with Crippen molar-refractivity contribution in [3.63, 3.8) is 0 Å². The molecule has 2 N–H and O–H groups in total. The van der Waals surface area contributed by atoms with Gasteiger partial charge >= 0.3 is 12.1 Å². The number of amides is 2. The van der Waals surface area contributed by atoms with Gasteiger partial charge in [-0.15, -0.1) is 0 Å². The van der Waals surface area contributed by atoms with E-state index in [1.54, 1.807) is 6.92 Å². The van der Waals surface area contributed by atoms with Crippen molar-refractivity contribution in [3.05, 3.63) is 35.9 Å². The van der Waals surface area contributed by atoms with Gasteiger partial charge in [0.2, 0.25) is 5.91 Å². The average Bonchev–Trinajstić information content (AvgIpc) is 3.16. The summed E-state index contributed by atoms with van der Waals surface area (Å²) >= 11 is 0. The van der Waals surface area contributed by atoms with Crippen molar-refractivity contribution in [2.24, 2.45) is 5.92 Å². The van der Waals surface area contributed by atoms with Gasteiger partial charge in [0.05, 0.1) is 6.07 Å². The fraction of sp³-hybridized carbons (Fsp3) is 0.474. The summed E-state index contributed by atoms with van der Waals surface area (Å²) in [5.74, 6) is -2.26. The van der Waals surface area contributed by atoms with E-state index in [0.717, 1.165) is 5.56 Å². The van der Waals surface area contributed by atoms with Crippen LogP contribution in [0, 0.1) is 17.2 Å². The minimum absolute atomic E-state index is 0.00273. The third-order valence-electron chi connectivity index (χ3n) is 4.42. The third-order valence-corrected chi connectivity index (χ3v) is 4.42. The predicted molar refractivity (Wildman–Crippen MR) is 95.3 cm³/mol. The first-order valence-corrected chi connectivity index (χ1v) is 8.82. The molecule has 27 heavy (non-hydrogen) atoms. The quantitative estimate of drug-likeness (QED) is 0.753. The largest absolute Gasteiger partial charge is 0.480 e. The standard InChI is InChI=1S/C19H23N3O5/c1-13(11-20)10-15(18(24)25)21-17(23)16-8-5-9-22(16)19(26)27-12-14-6-3-2-4-7-14/h2-4,6-7,13,15-16H,5,8-10,12H2,1H3,(H,21,23)(H,24,25)/t13-,15-,16+/m0/s1. The van der Waals surface area contributed by atoms with Crippen LogP contribution in [-0.2, 0) is 20.9 Å². The van der Waals surface area contributed by atoms with Crippen LogP contribution >= 0.6 is 0 Å². The minimum Gasteiger partial charge on any atom is -0.480 e. The van der Waals surface area contributed by atoms with Gasteiger partial charge in [-0.05, 0) is 31.7 Å². The molecule has 0 radical (unpaired) electrons. The molecule has 1 aromatic rings. The van der Waals surface area contributed by atoms with Crippen LogP contribution in [0.15, 0.2) is 30.3 Å². The Balaban J connectivity index is 1.95. The lowest BCUT2D eigenvalue weighted by Crippen LogP contribution is -2.51. The number of likely N-dealkylation sites (tertiary alicyclic amines) is 1. The number of carbonyl (C=O) groups is 3. The molecule has 1 fully saturated rings. The summed E-state index contributed by atoms with van der Waals surface area (Å²) in [6.07, 6.45) is 0.466. The Hall–Kier alpha value is -3.08. The maximum atomic E-state index is 12.5. The Morgan fingerprint density at radius 3 is 2.70 bits per heavy atom. The van der Waals surface area contributed by atoms with Crippen molar-refractivity contribution >= 4 is 18.0 Å². The normalized spacial score (nSPS) is 18.2. The van der Waals surface area contributed by atoms with Crippen LogP contribution < -0.4 is 5.32 Å². The Kier molecular flexibility index (Phi) is 7.17. The van der Waals surface area contributed by atoms with E-state index in [1.165, 1.54) is 4.90 Å². The maximum Gasteiger partial charge on any atom is 0.410 e. The first kappa shape index (κ1) is 20.2. The van der Waals surface area contributed by atoms with Gasteiger partial charge in [0.1, 0.15) is 18.7 Å². The van der Waals surface area contributed by atoms with E-state index in [2.05, 4.69) is 5.32 Å². The summed E-state index contributed by atoms with van der Waals surface area (Å²) in [6, 6.07) is 9.20. The van der Waals surface area contributed by atoms with Crippen LogP contribution in [-0.4, -0.2) is 46.6 Å². The van der Waals surface area contributed by atoms with Gasteiger partial charge in [-0.3, -0.25) is 9.69 Å². The van der Waals surface area contributed by atoms with E-state index in [9.17, 15) is 19.5 Å². The second-order valence-corrected chi connectivity index (χ2v) is 6.56. The number of rotatable bonds is 7. The lowest BCUT2D eigenvalue weighted by atomic mass is 10.0. The lowest BCUT2D eigenvalue weighted by molar-refractivity contribution is -0.142. The van der Waals surface area contributed by atoms with Gasteiger partial charge in [-0.25, -0.2) is 9.59 Å². The van der Waals surface area contributed by atoms with Crippen molar-refractivity contribution in [1.82, 2.24) is 10.2 Å². The third kappa shape index (κ3) is 5.71. The molecule has 1 saturated heterocycles. The van der Waals surface area contributed by atoms with Crippen LogP contribution in [0.5, 0.6) is 0 Å². The molecule has 1 aromatic carbocycles. The number of nitrogens with one attached hydrogen (secondary N) is 1. The van der Waals surface area contributed by atoms with Crippen molar-refractivity contribution in [2.75, 3.05) is 6.54 Å². The van der Waals surface area contributed by atoms with Crippen molar-refractivity contribution in [1.29, 1.82) is 5.26 Å². The SMILES string of the molecule is C[C@H](C#N)C[C@H](NC(=O)[C@H]1CCCN1C(=O)OCc1ccccc1)C(=O)O. The van der Waals surface area contributed by atoms with E-state index in [0.29, 0.717) is 19.4 Å². The maximum absolute atomic E-state index is 12.5. The van der Waals surface area contributed by atoms with Crippen LogP contribution in [0.1, 0.15) is 31.7 Å². The molecule has 2 amide bonds. The molecule has 0 aromatic heterocycles. The fourth-order valence-corrected chi connectivity index (χ4v) is 2.96. The van der Waals surface area contributed by atoms with E-state index in [-0.39, 0.29) is 13.0 Å². The minimum atomic E-state index is -1.21. The number of nitriles is 1. The highest BCUT2D eigenvalue weighted by Crippen LogP contribution is 2.20. The van der Waals surface area contributed by atoms with E-state index < -0.39 is 36.0 Å². The molecule has 2 rings (SSSR count). The zero-order valence-corrected chi connectivity index (χ0v) is 15.1. The summed E-state index contributed by atoms with van der Waals surface area (Å²) in [5.41, 5.74) is 0.836. The monoisotopic (exact) mass is 373 g/mol. The van der Waals surface area contributed by atoms with Gasteiger partial charge in [0.25, 0.3) is 0 Å². The van der Waals surface area contributed by atoms with E-state index in [1.807, 2.05) is 36.4 Å². The smallest absolute Gasteiger partial charge is 0.410 e. The molecule has 144 valence electrons. The van der Waals surface area contributed by atoms with Gasteiger partial charge in [-0.1, -0.05) is 30.3 Å². The highest BCUT2D eigenvalue weighted by Gasteiger charge is 2.37. The lowest BCUT2D eigenvalue weighted by Gasteiger charge is -2.25. The molecule has 8 heteroatoms. The summed E-state index contributed by atoms with van der Waals surface area (Å²) < 4.78 is 5.27. The number of carboxylic acid groups (broad SMARTS) is 1. The summed E-state index contributed by atoms with van der Waals surface area (Å²) in [7, 11) is 0. The molecular weight excluding hydrogens is 350 g/mol. The second kappa shape index (κ2) is 9.57. The average molecular weight is 373 g/mol. The van der Waals surface area contributed by atoms with Crippen LogP contribution in [0.25, 0.3) is 0 Å². The van der Waals surface area contributed by atoms with Crippen LogP contribution in [0.2, 0.25) is 0 Å². The molecule has 0 aliphatic carbocycles. The Bertz CT molecular complexity index is 716. The summed E-state index contributed by atoms with van der Waals surface area (Å²) in [6.45, 7) is 2.06. The molecule has 0 bridgehead atoms.